The summed E-state index contributed by atoms with van der Waals surface area (Å²) < 4.78 is 5.23. The number of hydrogen-bond donors (Lipinski definition) is 1. The summed E-state index contributed by atoms with van der Waals surface area (Å²) in [6, 6.07) is 7.10. The third-order valence-corrected chi connectivity index (χ3v) is 3.17. The van der Waals surface area contributed by atoms with E-state index in [1.807, 2.05) is 18.4 Å². The second-order valence-corrected chi connectivity index (χ2v) is 4.47. The fourth-order valence-corrected chi connectivity index (χ4v) is 1.95. The smallest absolute Gasteiger partial charge is 0.261 e. The number of carbonyl (C=O) groups excluding carboxylic acids is 1. The number of rotatable bonds is 4. The maximum absolute atomic E-state index is 12.1. The van der Waals surface area contributed by atoms with E-state index in [-0.39, 0.29) is 11.9 Å². The summed E-state index contributed by atoms with van der Waals surface area (Å²) in [7, 11) is 1.54. The molecule has 0 atom stereocenters. The molecule has 1 N–H and O–H groups in total. The van der Waals surface area contributed by atoms with E-state index in [0.717, 1.165) is 4.90 Å². The van der Waals surface area contributed by atoms with Gasteiger partial charge in [0.15, 0.2) is 0 Å². The number of nitrogens with one attached hydrogen (secondary N) is 1. The quantitative estimate of drug-likeness (QED) is 0.868. The van der Waals surface area contributed by atoms with Crippen LogP contribution >= 0.6 is 11.8 Å². The maximum atomic E-state index is 12.1. The van der Waals surface area contributed by atoms with E-state index in [4.69, 9.17) is 4.74 Å². The largest absolute Gasteiger partial charge is 0.496 e. The molecule has 1 amide bonds. The summed E-state index contributed by atoms with van der Waals surface area (Å²) in [6.45, 7) is 0. The van der Waals surface area contributed by atoms with Gasteiger partial charge >= 0.3 is 0 Å². The predicted octanol–water partition coefficient (Wildman–Crippen LogP) is 2.46. The van der Waals surface area contributed by atoms with E-state index in [1.165, 1.54) is 7.11 Å². The molecule has 1 heterocycles. The van der Waals surface area contributed by atoms with Gasteiger partial charge in [0, 0.05) is 17.3 Å². The van der Waals surface area contributed by atoms with Crippen LogP contribution in [0.4, 0.5) is 5.95 Å². The Hall–Kier alpha value is -2.08. The van der Waals surface area contributed by atoms with Crippen molar-refractivity contribution >= 4 is 23.6 Å². The lowest BCUT2D eigenvalue weighted by molar-refractivity contribution is 0.102. The fourth-order valence-electron chi connectivity index (χ4n) is 1.52. The van der Waals surface area contributed by atoms with Gasteiger partial charge in [-0.15, -0.1) is 11.8 Å². The molecule has 0 bridgehead atoms. The zero-order valence-corrected chi connectivity index (χ0v) is 11.4. The molecule has 0 unspecified atom stereocenters. The number of anilines is 1. The van der Waals surface area contributed by atoms with Crippen molar-refractivity contribution in [3.8, 4) is 5.75 Å². The second-order valence-electron chi connectivity index (χ2n) is 3.59. The predicted molar refractivity (Wildman–Crippen MR) is 74.8 cm³/mol. The first-order chi connectivity index (χ1) is 9.24. The number of hydrogen-bond acceptors (Lipinski definition) is 5. The van der Waals surface area contributed by atoms with Crippen molar-refractivity contribution in [2.45, 2.75) is 4.90 Å². The van der Waals surface area contributed by atoms with Crippen molar-refractivity contribution in [1.82, 2.24) is 9.97 Å². The highest BCUT2D eigenvalue weighted by atomic mass is 32.2. The molecule has 5 nitrogen and oxygen atoms in total. The second kappa shape index (κ2) is 6.19. The molecule has 0 saturated carbocycles. The van der Waals surface area contributed by atoms with Crippen LogP contribution in [0.5, 0.6) is 5.75 Å². The molecule has 1 aromatic carbocycles. The number of ether oxygens (including phenoxy) is 1. The molecule has 0 radical (unpaired) electrons. The molecule has 0 saturated heterocycles. The highest BCUT2D eigenvalue weighted by Gasteiger charge is 2.13. The highest BCUT2D eigenvalue weighted by Crippen LogP contribution is 2.25. The summed E-state index contributed by atoms with van der Waals surface area (Å²) in [6.07, 6.45) is 5.10. The van der Waals surface area contributed by atoms with Crippen LogP contribution in [0.25, 0.3) is 0 Å². The fraction of sp³-hybridized carbons (Fsp3) is 0.154. The van der Waals surface area contributed by atoms with Crippen LogP contribution in [0, 0.1) is 0 Å². The first kappa shape index (κ1) is 13.4. The third kappa shape index (κ3) is 3.23. The number of methoxy groups -OCH3 is 1. The lowest BCUT2D eigenvalue weighted by atomic mass is 10.2. The molecule has 0 fully saturated rings. The topological polar surface area (TPSA) is 64.1 Å². The zero-order valence-electron chi connectivity index (χ0n) is 10.6. The van der Waals surface area contributed by atoms with Gasteiger partial charge in [-0.05, 0) is 30.5 Å². The number of aromatic nitrogens is 2. The van der Waals surface area contributed by atoms with Gasteiger partial charge in [0.1, 0.15) is 5.75 Å². The number of nitrogens with zero attached hydrogens (tertiary/aromatic N) is 2. The van der Waals surface area contributed by atoms with E-state index >= 15 is 0 Å². The minimum absolute atomic E-state index is 0.267. The summed E-state index contributed by atoms with van der Waals surface area (Å²) in [4.78, 5) is 21.0. The number of benzene rings is 1. The van der Waals surface area contributed by atoms with Gasteiger partial charge in [-0.2, -0.15) is 0 Å². The minimum atomic E-state index is -0.296. The normalized spacial score (nSPS) is 10.0. The Morgan fingerprint density at radius 2 is 2.05 bits per heavy atom. The Morgan fingerprint density at radius 3 is 2.68 bits per heavy atom. The van der Waals surface area contributed by atoms with E-state index in [2.05, 4.69) is 15.3 Å². The van der Waals surface area contributed by atoms with Crippen molar-refractivity contribution < 1.29 is 9.53 Å². The van der Waals surface area contributed by atoms with Crippen LogP contribution in [-0.2, 0) is 0 Å². The molecule has 1 aromatic heterocycles. The Morgan fingerprint density at radius 1 is 1.32 bits per heavy atom. The highest BCUT2D eigenvalue weighted by molar-refractivity contribution is 7.98. The SMILES string of the molecule is COc1cc(SC)ccc1C(=O)Nc1ncccn1. The molecule has 6 heteroatoms. The molecular weight excluding hydrogens is 262 g/mol. The molecule has 0 aliphatic heterocycles. The Kier molecular flexibility index (Phi) is 4.35. The van der Waals surface area contributed by atoms with E-state index in [9.17, 15) is 4.79 Å². The Bertz CT molecular complexity index is 575. The van der Waals surface area contributed by atoms with Crippen LogP contribution in [0.2, 0.25) is 0 Å². The molecule has 0 aliphatic carbocycles. The van der Waals surface area contributed by atoms with Crippen LogP contribution in [-0.4, -0.2) is 29.2 Å². The maximum Gasteiger partial charge on any atom is 0.261 e. The molecule has 0 spiro atoms. The van der Waals surface area contributed by atoms with Crippen molar-refractivity contribution in [3.05, 3.63) is 42.2 Å². The van der Waals surface area contributed by atoms with Crippen LogP contribution in [0.3, 0.4) is 0 Å². The third-order valence-electron chi connectivity index (χ3n) is 2.44. The van der Waals surface area contributed by atoms with Crippen LogP contribution in [0.15, 0.2) is 41.6 Å². The van der Waals surface area contributed by atoms with Gasteiger partial charge in [0.05, 0.1) is 12.7 Å². The summed E-state index contributed by atoms with van der Waals surface area (Å²) in [5.74, 6) is 0.500. The Balaban J connectivity index is 2.24. The first-order valence-corrected chi connectivity index (χ1v) is 6.77. The lowest BCUT2D eigenvalue weighted by Crippen LogP contribution is -2.15. The number of thioether (sulfide) groups is 1. The van der Waals surface area contributed by atoms with E-state index in [0.29, 0.717) is 11.3 Å². The summed E-state index contributed by atoms with van der Waals surface area (Å²) in [5.41, 5.74) is 0.452. The van der Waals surface area contributed by atoms with Crippen LogP contribution < -0.4 is 10.1 Å². The summed E-state index contributed by atoms with van der Waals surface area (Å²) in [5, 5.41) is 2.62. The minimum Gasteiger partial charge on any atom is -0.496 e. The standard InChI is InChI=1S/C13H13N3O2S/c1-18-11-8-9(19-2)4-5-10(11)12(17)16-13-14-6-3-7-15-13/h3-8H,1-2H3,(H,14,15,16,17). The van der Waals surface area contributed by atoms with Gasteiger partial charge in [-0.3, -0.25) is 10.1 Å². The van der Waals surface area contributed by atoms with Gasteiger partial charge in [0.25, 0.3) is 5.91 Å². The van der Waals surface area contributed by atoms with Gasteiger partial charge < -0.3 is 4.74 Å². The lowest BCUT2D eigenvalue weighted by Gasteiger charge is -2.09. The first-order valence-electron chi connectivity index (χ1n) is 5.55. The van der Waals surface area contributed by atoms with Gasteiger partial charge in [-0.1, -0.05) is 0 Å². The average molecular weight is 275 g/mol. The molecule has 19 heavy (non-hydrogen) atoms. The average Bonchev–Trinajstić information content (AvgIpc) is 2.47. The van der Waals surface area contributed by atoms with Gasteiger partial charge in [-0.25, -0.2) is 9.97 Å². The Labute approximate surface area is 115 Å². The van der Waals surface area contributed by atoms with Gasteiger partial charge in [0.2, 0.25) is 5.95 Å². The van der Waals surface area contributed by atoms with Crippen molar-refractivity contribution in [2.75, 3.05) is 18.7 Å². The van der Waals surface area contributed by atoms with E-state index < -0.39 is 0 Å². The molecule has 0 aliphatic rings. The number of amides is 1. The molecule has 98 valence electrons. The molecule has 2 rings (SSSR count). The zero-order chi connectivity index (χ0) is 13.7. The van der Waals surface area contributed by atoms with E-state index in [1.54, 1.807) is 36.3 Å². The number of carbonyl (C=O) groups is 1. The molecule has 2 aromatic rings. The summed E-state index contributed by atoms with van der Waals surface area (Å²) >= 11 is 1.59. The van der Waals surface area contributed by atoms with Crippen molar-refractivity contribution in [1.29, 1.82) is 0 Å². The van der Waals surface area contributed by atoms with Crippen molar-refractivity contribution in [3.63, 3.8) is 0 Å². The molecular formula is C13H13N3O2S. The van der Waals surface area contributed by atoms with Crippen LogP contribution in [0.1, 0.15) is 10.4 Å². The van der Waals surface area contributed by atoms with Crippen molar-refractivity contribution in [2.24, 2.45) is 0 Å². The monoisotopic (exact) mass is 275 g/mol.